The normalized spacial score (nSPS) is 17.2. The Hall–Kier alpha value is -2.12. The van der Waals surface area contributed by atoms with E-state index in [1.165, 1.54) is 10.9 Å². The summed E-state index contributed by atoms with van der Waals surface area (Å²) >= 11 is 0. The van der Waals surface area contributed by atoms with Gasteiger partial charge < -0.3 is 15.3 Å². The maximum absolute atomic E-state index is 12.0. The van der Waals surface area contributed by atoms with E-state index in [4.69, 9.17) is 5.11 Å². The Balaban J connectivity index is 1.80. The van der Waals surface area contributed by atoms with Gasteiger partial charge in [-0.05, 0) is 26.7 Å². The highest BCUT2D eigenvalue weighted by molar-refractivity contribution is 5.84. The number of hydrogen-bond donors (Lipinski definition) is 2. The Bertz CT molecular complexity index is 511. The molecule has 110 valence electrons. The average molecular weight is 281 g/mol. The molecule has 1 aromatic heterocycles. The fraction of sp³-hybridized carbons (Fsp3) is 0.667. The van der Waals surface area contributed by atoms with Gasteiger partial charge in [0, 0.05) is 18.6 Å². The largest absolute Gasteiger partial charge is 0.476 e. The van der Waals surface area contributed by atoms with Gasteiger partial charge in [0.25, 0.3) is 0 Å². The Labute approximate surface area is 116 Å². The summed E-state index contributed by atoms with van der Waals surface area (Å²) in [7, 11) is 0. The fourth-order valence-corrected chi connectivity index (χ4v) is 2.36. The highest BCUT2D eigenvalue weighted by Gasteiger charge is 2.35. The lowest BCUT2D eigenvalue weighted by Crippen LogP contribution is -2.48. The molecule has 2 rings (SSSR count). The maximum atomic E-state index is 12.0. The van der Waals surface area contributed by atoms with Crippen molar-refractivity contribution < 1.29 is 14.7 Å². The van der Waals surface area contributed by atoms with E-state index in [2.05, 4.69) is 29.5 Å². The first-order valence-electron chi connectivity index (χ1n) is 6.59. The molecule has 0 radical (unpaired) electrons. The molecule has 0 bridgehead atoms. The molecule has 1 aliphatic heterocycles. The monoisotopic (exact) mass is 281 g/mol. The topological polar surface area (TPSA) is 100 Å². The summed E-state index contributed by atoms with van der Waals surface area (Å²) < 4.78 is 1.40. The maximum Gasteiger partial charge on any atom is 0.358 e. The molecule has 0 unspecified atom stereocenters. The van der Waals surface area contributed by atoms with Crippen LogP contribution in [0.1, 0.15) is 37.2 Å². The Morgan fingerprint density at radius 1 is 1.50 bits per heavy atom. The van der Waals surface area contributed by atoms with Crippen LogP contribution in [0.2, 0.25) is 0 Å². The number of nitrogens with one attached hydrogen (secondary N) is 1. The molecule has 1 aliphatic rings. The Kier molecular flexibility index (Phi) is 3.91. The highest BCUT2D eigenvalue weighted by Crippen LogP contribution is 2.27. The van der Waals surface area contributed by atoms with Crippen LogP contribution in [-0.4, -0.2) is 55.6 Å². The summed E-state index contributed by atoms with van der Waals surface area (Å²) in [6.07, 6.45) is 3.37. The van der Waals surface area contributed by atoms with Crippen LogP contribution in [-0.2, 0) is 6.54 Å². The summed E-state index contributed by atoms with van der Waals surface area (Å²) in [6.45, 7) is 5.64. The molecule has 0 saturated carbocycles. The number of likely N-dealkylation sites (tertiary alicyclic amines) is 1. The van der Waals surface area contributed by atoms with Crippen LogP contribution in [0.25, 0.3) is 0 Å². The number of urea groups is 1. The van der Waals surface area contributed by atoms with Crippen molar-refractivity contribution in [1.29, 1.82) is 0 Å². The van der Waals surface area contributed by atoms with Crippen LogP contribution in [0.3, 0.4) is 0 Å². The molecule has 0 spiro atoms. The molecule has 8 nitrogen and oxygen atoms in total. The molecule has 0 aliphatic carbocycles. The number of carboxylic acids is 1. The van der Waals surface area contributed by atoms with Gasteiger partial charge in [-0.3, -0.25) is 0 Å². The molecular weight excluding hydrogens is 262 g/mol. The van der Waals surface area contributed by atoms with Gasteiger partial charge in [-0.15, -0.1) is 5.10 Å². The number of aromatic carboxylic acids is 1. The summed E-state index contributed by atoms with van der Waals surface area (Å²) in [4.78, 5) is 24.5. The third-order valence-corrected chi connectivity index (χ3v) is 3.52. The lowest BCUT2D eigenvalue weighted by atomic mass is 10.0. The number of carboxylic acid groups (broad SMARTS) is 1. The van der Waals surface area contributed by atoms with Gasteiger partial charge in [-0.2, -0.15) is 0 Å². The van der Waals surface area contributed by atoms with Crippen LogP contribution < -0.4 is 5.32 Å². The molecular formula is C12H19N5O3. The van der Waals surface area contributed by atoms with E-state index in [9.17, 15) is 9.59 Å². The molecule has 2 N–H and O–H groups in total. The SMILES string of the molecule is CC1(C)CCCN1C(=O)NCCn1cc(C(=O)O)nn1. The number of carbonyl (C=O) groups excluding carboxylic acids is 1. The van der Waals surface area contributed by atoms with Gasteiger partial charge in [-0.1, -0.05) is 5.21 Å². The van der Waals surface area contributed by atoms with Crippen LogP contribution in [0.5, 0.6) is 0 Å². The van der Waals surface area contributed by atoms with Crippen molar-refractivity contribution >= 4 is 12.0 Å². The third-order valence-electron chi connectivity index (χ3n) is 3.52. The summed E-state index contributed by atoms with van der Waals surface area (Å²) in [6, 6.07) is -0.0916. The van der Waals surface area contributed by atoms with Crippen molar-refractivity contribution in [2.24, 2.45) is 0 Å². The lowest BCUT2D eigenvalue weighted by Gasteiger charge is -2.31. The van der Waals surface area contributed by atoms with Crippen molar-refractivity contribution in [3.63, 3.8) is 0 Å². The summed E-state index contributed by atoms with van der Waals surface area (Å²) in [5.41, 5.74) is -0.203. The van der Waals surface area contributed by atoms with E-state index in [1.807, 2.05) is 4.90 Å². The van der Waals surface area contributed by atoms with Gasteiger partial charge in [0.1, 0.15) is 0 Å². The van der Waals surface area contributed by atoms with E-state index in [0.717, 1.165) is 19.4 Å². The molecule has 2 amide bonds. The number of nitrogens with zero attached hydrogens (tertiary/aromatic N) is 4. The first-order chi connectivity index (χ1) is 9.40. The van der Waals surface area contributed by atoms with Gasteiger partial charge in [0.2, 0.25) is 0 Å². The zero-order chi connectivity index (χ0) is 14.8. The first kappa shape index (κ1) is 14.3. The van der Waals surface area contributed by atoms with E-state index in [1.54, 1.807) is 0 Å². The zero-order valence-corrected chi connectivity index (χ0v) is 11.7. The molecule has 2 heterocycles. The standard InChI is InChI=1S/C12H19N5O3/c1-12(2)4-3-6-17(12)11(20)13-5-7-16-8-9(10(18)19)14-15-16/h8H,3-7H2,1-2H3,(H,13,20)(H,18,19). The van der Waals surface area contributed by atoms with Crippen molar-refractivity contribution in [2.75, 3.05) is 13.1 Å². The van der Waals surface area contributed by atoms with Gasteiger partial charge in [0.05, 0.1) is 12.7 Å². The Morgan fingerprint density at radius 3 is 2.80 bits per heavy atom. The predicted octanol–water partition coefficient (Wildman–Crippen LogP) is 0.560. The average Bonchev–Trinajstić information content (AvgIpc) is 2.95. The molecule has 8 heteroatoms. The third kappa shape index (κ3) is 3.06. The van der Waals surface area contributed by atoms with Gasteiger partial charge >= 0.3 is 12.0 Å². The van der Waals surface area contributed by atoms with Gasteiger partial charge in [-0.25, -0.2) is 14.3 Å². The fourth-order valence-electron chi connectivity index (χ4n) is 2.36. The number of amides is 2. The minimum Gasteiger partial charge on any atom is -0.476 e. The van der Waals surface area contributed by atoms with Crippen LogP contribution >= 0.6 is 0 Å². The van der Waals surface area contributed by atoms with Crippen molar-refractivity contribution in [1.82, 2.24) is 25.2 Å². The van der Waals surface area contributed by atoms with Gasteiger partial charge in [0.15, 0.2) is 5.69 Å². The molecule has 1 aromatic rings. The molecule has 20 heavy (non-hydrogen) atoms. The van der Waals surface area contributed by atoms with Crippen molar-refractivity contribution in [2.45, 2.75) is 38.8 Å². The Morgan fingerprint density at radius 2 is 2.25 bits per heavy atom. The van der Waals surface area contributed by atoms with Crippen LogP contribution in [0, 0.1) is 0 Å². The van der Waals surface area contributed by atoms with E-state index < -0.39 is 5.97 Å². The first-order valence-corrected chi connectivity index (χ1v) is 6.59. The number of rotatable bonds is 4. The van der Waals surface area contributed by atoms with Crippen molar-refractivity contribution in [3.8, 4) is 0 Å². The second kappa shape index (κ2) is 5.48. The number of aromatic nitrogens is 3. The minimum absolute atomic E-state index is 0.0916. The van der Waals surface area contributed by atoms with E-state index in [-0.39, 0.29) is 17.3 Å². The smallest absolute Gasteiger partial charge is 0.358 e. The number of hydrogen-bond acceptors (Lipinski definition) is 4. The molecule has 1 saturated heterocycles. The van der Waals surface area contributed by atoms with E-state index in [0.29, 0.717) is 13.1 Å². The van der Waals surface area contributed by atoms with Crippen LogP contribution in [0.4, 0.5) is 4.79 Å². The number of carbonyl (C=O) groups is 2. The predicted molar refractivity (Wildman–Crippen MR) is 70.4 cm³/mol. The van der Waals surface area contributed by atoms with Crippen LogP contribution in [0.15, 0.2) is 6.20 Å². The zero-order valence-electron chi connectivity index (χ0n) is 11.7. The van der Waals surface area contributed by atoms with E-state index >= 15 is 0 Å². The minimum atomic E-state index is -1.11. The summed E-state index contributed by atoms with van der Waals surface area (Å²) in [5.74, 6) is -1.11. The molecule has 1 fully saturated rings. The second-order valence-electron chi connectivity index (χ2n) is 5.47. The quantitative estimate of drug-likeness (QED) is 0.840. The van der Waals surface area contributed by atoms with Crippen molar-refractivity contribution in [3.05, 3.63) is 11.9 Å². The highest BCUT2D eigenvalue weighted by atomic mass is 16.4. The molecule has 0 atom stereocenters. The second-order valence-corrected chi connectivity index (χ2v) is 5.47. The molecule has 0 aromatic carbocycles. The summed E-state index contributed by atoms with van der Waals surface area (Å²) in [5, 5.41) is 18.7. The lowest BCUT2D eigenvalue weighted by molar-refractivity contribution is 0.0690.